The van der Waals surface area contributed by atoms with Gasteiger partial charge in [0.05, 0.1) is 28.5 Å². The second kappa shape index (κ2) is 8.59. The highest BCUT2D eigenvalue weighted by atomic mass is 16.5. The van der Waals surface area contributed by atoms with Crippen molar-refractivity contribution in [1.82, 2.24) is 14.9 Å². The minimum absolute atomic E-state index is 0.169. The molecule has 0 fully saturated rings. The average Bonchev–Trinajstić information content (AvgIpc) is 3.13. The lowest BCUT2D eigenvalue weighted by Gasteiger charge is -2.12. The third kappa shape index (κ3) is 4.05. The number of para-hydroxylation sites is 1. The van der Waals surface area contributed by atoms with Crippen molar-refractivity contribution in [2.45, 2.75) is 13.8 Å². The molecule has 0 bridgehead atoms. The maximum absolute atomic E-state index is 12.4. The number of carbonyl (C=O) groups is 1. The van der Waals surface area contributed by atoms with Gasteiger partial charge in [-0.15, -0.1) is 0 Å². The molecule has 0 aliphatic rings. The van der Waals surface area contributed by atoms with Gasteiger partial charge in [-0.25, -0.2) is 4.52 Å². The number of benzene rings is 2. The lowest BCUT2D eigenvalue weighted by atomic mass is 10.1. The minimum Gasteiger partial charge on any atom is -0.457 e. The van der Waals surface area contributed by atoms with E-state index in [1.165, 1.54) is 6.20 Å². The SMILES string of the molecule is CCNC(=O)c1cn2ncc(C#N)c(Nc3ccc(Oc4ccccc4)cc3)c2c1C. The highest BCUT2D eigenvalue weighted by Crippen LogP contribution is 2.31. The van der Waals surface area contributed by atoms with E-state index in [0.717, 1.165) is 17.0 Å². The number of nitrogens with zero attached hydrogens (tertiary/aromatic N) is 3. The fourth-order valence-corrected chi connectivity index (χ4v) is 3.36. The summed E-state index contributed by atoms with van der Waals surface area (Å²) in [5, 5.41) is 20.0. The van der Waals surface area contributed by atoms with Crippen molar-refractivity contribution in [2.75, 3.05) is 11.9 Å². The first-order chi connectivity index (χ1) is 15.1. The van der Waals surface area contributed by atoms with Crippen molar-refractivity contribution < 1.29 is 9.53 Å². The molecule has 2 heterocycles. The van der Waals surface area contributed by atoms with Gasteiger partial charge in [0.1, 0.15) is 17.6 Å². The normalized spacial score (nSPS) is 10.5. The first-order valence-electron chi connectivity index (χ1n) is 9.90. The van der Waals surface area contributed by atoms with E-state index in [1.54, 1.807) is 10.7 Å². The predicted octanol–water partition coefficient (Wildman–Crippen LogP) is 4.80. The summed E-state index contributed by atoms with van der Waals surface area (Å²) in [6.45, 7) is 4.25. The van der Waals surface area contributed by atoms with Crippen LogP contribution >= 0.6 is 0 Å². The zero-order valence-corrected chi connectivity index (χ0v) is 17.2. The lowest BCUT2D eigenvalue weighted by Crippen LogP contribution is -2.22. The van der Waals surface area contributed by atoms with Crippen molar-refractivity contribution in [2.24, 2.45) is 0 Å². The van der Waals surface area contributed by atoms with Gasteiger partial charge in [-0.1, -0.05) is 18.2 Å². The summed E-state index contributed by atoms with van der Waals surface area (Å²) >= 11 is 0. The van der Waals surface area contributed by atoms with Gasteiger partial charge in [0, 0.05) is 18.4 Å². The molecule has 0 spiro atoms. The quantitative estimate of drug-likeness (QED) is 0.476. The number of hydrogen-bond acceptors (Lipinski definition) is 5. The summed E-state index contributed by atoms with van der Waals surface area (Å²) in [4.78, 5) is 12.4. The van der Waals surface area contributed by atoms with Crippen molar-refractivity contribution in [3.05, 3.63) is 83.7 Å². The van der Waals surface area contributed by atoms with Crippen molar-refractivity contribution >= 4 is 22.8 Å². The average molecular weight is 411 g/mol. The summed E-state index contributed by atoms with van der Waals surface area (Å²) in [5.74, 6) is 1.29. The topological polar surface area (TPSA) is 91.5 Å². The molecular weight excluding hydrogens is 390 g/mol. The summed E-state index contributed by atoms with van der Waals surface area (Å²) < 4.78 is 7.45. The second-order valence-corrected chi connectivity index (χ2v) is 6.93. The van der Waals surface area contributed by atoms with E-state index in [9.17, 15) is 10.1 Å². The van der Waals surface area contributed by atoms with Crippen LogP contribution in [-0.2, 0) is 0 Å². The molecule has 7 nitrogen and oxygen atoms in total. The monoisotopic (exact) mass is 411 g/mol. The van der Waals surface area contributed by atoms with Gasteiger partial charge in [0.25, 0.3) is 5.91 Å². The van der Waals surface area contributed by atoms with Gasteiger partial charge in [-0.3, -0.25) is 4.79 Å². The van der Waals surface area contributed by atoms with Crippen LogP contribution in [0, 0.1) is 18.3 Å². The van der Waals surface area contributed by atoms with E-state index in [2.05, 4.69) is 21.8 Å². The number of nitriles is 1. The molecule has 0 saturated carbocycles. The molecule has 0 aliphatic heterocycles. The van der Waals surface area contributed by atoms with Crippen LogP contribution in [0.3, 0.4) is 0 Å². The summed E-state index contributed by atoms with van der Waals surface area (Å²) in [7, 11) is 0. The molecule has 1 amide bonds. The number of amides is 1. The summed E-state index contributed by atoms with van der Waals surface area (Å²) in [6.07, 6.45) is 3.17. The number of nitrogens with one attached hydrogen (secondary N) is 2. The van der Waals surface area contributed by atoms with Crippen LogP contribution in [0.15, 0.2) is 67.0 Å². The molecule has 0 radical (unpaired) electrons. The zero-order valence-electron chi connectivity index (χ0n) is 17.2. The zero-order chi connectivity index (χ0) is 21.8. The third-order valence-electron chi connectivity index (χ3n) is 4.86. The highest BCUT2D eigenvalue weighted by molar-refractivity contribution is 6.00. The number of ether oxygens (including phenoxy) is 1. The van der Waals surface area contributed by atoms with E-state index in [1.807, 2.05) is 68.4 Å². The number of anilines is 2. The smallest absolute Gasteiger partial charge is 0.253 e. The third-order valence-corrected chi connectivity index (χ3v) is 4.86. The summed E-state index contributed by atoms with van der Waals surface area (Å²) in [5.41, 5.74) is 3.74. The number of aromatic nitrogens is 2. The minimum atomic E-state index is -0.169. The Kier molecular flexibility index (Phi) is 5.54. The molecular formula is C24H21N5O2. The molecule has 0 unspecified atom stereocenters. The van der Waals surface area contributed by atoms with E-state index in [0.29, 0.717) is 34.6 Å². The van der Waals surface area contributed by atoms with Crippen LogP contribution in [0.5, 0.6) is 11.5 Å². The van der Waals surface area contributed by atoms with Crippen LogP contribution < -0.4 is 15.4 Å². The number of rotatable bonds is 6. The highest BCUT2D eigenvalue weighted by Gasteiger charge is 2.19. The molecule has 0 saturated heterocycles. The van der Waals surface area contributed by atoms with Crippen LogP contribution in [0.1, 0.15) is 28.4 Å². The maximum atomic E-state index is 12.4. The van der Waals surface area contributed by atoms with Gasteiger partial charge in [0.15, 0.2) is 0 Å². The Morgan fingerprint density at radius 1 is 1.13 bits per heavy atom. The molecule has 0 atom stereocenters. The fraction of sp³-hybridized carbons (Fsp3) is 0.125. The molecule has 154 valence electrons. The molecule has 31 heavy (non-hydrogen) atoms. The Bertz CT molecular complexity index is 1270. The van der Waals surface area contributed by atoms with E-state index in [4.69, 9.17) is 4.74 Å². The van der Waals surface area contributed by atoms with Crippen molar-refractivity contribution in [1.29, 1.82) is 5.26 Å². The van der Waals surface area contributed by atoms with Gasteiger partial charge < -0.3 is 15.4 Å². The lowest BCUT2D eigenvalue weighted by molar-refractivity contribution is 0.0955. The van der Waals surface area contributed by atoms with E-state index >= 15 is 0 Å². The molecule has 2 N–H and O–H groups in total. The number of aryl methyl sites for hydroxylation is 1. The van der Waals surface area contributed by atoms with Crippen LogP contribution in [0.2, 0.25) is 0 Å². The fourth-order valence-electron chi connectivity index (χ4n) is 3.36. The van der Waals surface area contributed by atoms with Crippen molar-refractivity contribution in [3.8, 4) is 17.6 Å². The second-order valence-electron chi connectivity index (χ2n) is 6.93. The number of carbonyl (C=O) groups excluding carboxylic acids is 1. The predicted molar refractivity (Wildman–Crippen MR) is 119 cm³/mol. The van der Waals surface area contributed by atoms with Gasteiger partial charge in [-0.05, 0) is 55.8 Å². The Morgan fingerprint density at radius 2 is 1.84 bits per heavy atom. The number of hydrogen-bond donors (Lipinski definition) is 2. The standard InChI is InChI=1S/C24H21N5O2/c1-3-26-24(30)21-15-29-23(16(21)2)22(17(13-25)14-27-29)28-18-9-11-20(12-10-18)31-19-7-5-4-6-8-19/h4-12,14-15,28H,3H2,1-2H3,(H,26,30). The van der Waals surface area contributed by atoms with Gasteiger partial charge in [0.2, 0.25) is 0 Å². The molecule has 4 aromatic rings. The molecule has 4 rings (SSSR count). The Balaban J connectivity index is 1.67. The Hall–Kier alpha value is -4.31. The largest absolute Gasteiger partial charge is 0.457 e. The summed E-state index contributed by atoms with van der Waals surface area (Å²) in [6, 6.07) is 19.2. The van der Waals surface area contributed by atoms with Gasteiger partial charge >= 0.3 is 0 Å². The van der Waals surface area contributed by atoms with Crippen LogP contribution in [0.25, 0.3) is 5.52 Å². The van der Waals surface area contributed by atoms with Crippen LogP contribution in [0.4, 0.5) is 11.4 Å². The first kappa shape index (κ1) is 20.0. The Labute approximate surface area is 179 Å². The maximum Gasteiger partial charge on any atom is 0.253 e. The Morgan fingerprint density at radius 3 is 2.52 bits per heavy atom. The first-order valence-corrected chi connectivity index (χ1v) is 9.90. The van der Waals surface area contributed by atoms with E-state index < -0.39 is 0 Å². The van der Waals surface area contributed by atoms with Gasteiger partial charge in [-0.2, -0.15) is 10.4 Å². The number of fused-ring (bicyclic) bond motifs is 1. The van der Waals surface area contributed by atoms with E-state index in [-0.39, 0.29) is 5.91 Å². The molecule has 2 aromatic carbocycles. The van der Waals surface area contributed by atoms with Crippen LogP contribution in [-0.4, -0.2) is 22.1 Å². The molecule has 7 heteroatoms. The molecule has 0 aliphatic carbocycles. The molecule has 2 aromatic heterocycles. The van der Waals surface area contributed by atoms with Crippen molar-refractivity contribution in [3.63, 3.8) is 0 Å².